The lowest BCUT2D eigenvalue weighted by atomic mass is 9.87. The minimum Gasteiger partial charge on any atom is -0.460 e. The van der Waals surface area contributed by atoms with E-state index >= 15 is 0 Å². The van der Waals surface area contributed by atoms with Crippen molar-refractivity contribution in [3.8, 4) is 6.01 Å². The molecule has 7 heteroatoms. The van der Waals surface area contributed by atoms with Crippen molar-refractivity contribution in [1.82, 2.24) is 9.97 Å². The number of rotatable bonds is 4. The first-order valence-corrected chi connectivity index (χ1v) is 10.0. The van der Waals surface area contributed by atoms with E-state index in [1.54, 1.807) is 7.05 Å². The Kier molecular flexibility index (Phi) is 6.05. The Balaban J connectivity index is 1.92. The summed E-state index contributed by atoms with van der Waals surface area (Å²) in [5.74, 6) is -0.207. The van der Waals surface area contributed by atoms with Crippen LogP contribution in [0.1, 0.15) is 64.0 Å². The number of aromatic nitrogens is 2. The summed E-state index contributed by atoms with van der Waals surface area (Å²) < 4.78 is 46.6. The Labute approximate surface area is 170 Å². The maximum atomic E-state index is 13.6. The first kappa shape index (κ1) is 21.4. The first-order valence-electron chi connectivity index (χ1n) is 10.0. The Morgan fingerprint density at radius 2 is 1.62 bits per heavy atom. The molecule has 0 unspecified atom stereocenters. The molecule has 3 rings (SSSR count). The average molecular weight is 407 g/mol. The number of nitrogens with zero attached hydrogens (tertiary/aromatic N) is 3. The lowest BCUT2D eigenvalue weighted by Gasteiger charge is -2.26. The van der Waals surface area contributed by atoms with Crippen LogP contribution < -0.4 is 9.64 Å². The van der Waals surface area contributed by atoms with Crippen molar-refractivity contribution in [3.63, 3.8) is 0 Å². The molecule has 0 N–H and O–H groups in total. The highest BCUT2D eigenvalue weighted by Gasteiger charge is 2.37. The monoisotopic (exact) mass is 407 g/mol. The normalized spacial score (nSPS) is 16.0. The summed E-state index contributed by atoms with van der Waals surface area (Å²) in [5.41, 5.74) is 0.806. The molecule has 0 bridgehead atoms. The smallest absolute Gasteiger partial charge is 0.421 e. The van der Waals surface area contributed by atoms with Crippen LogP contribution in [0.5, 0.6) is 6.01 Å². The fourth-order valence-corrected chi connectivity index (χ4v) is 3.51. The minimum atomic E-state index is -4.56. The summed E-state index contributed by atoms with van der Waals surface area (Å²) >= 11 is 0. The van der Waals surface area contributed by atoms with E-state index < -0.39 is 11.7 Å². The first-order chi connectivity index (χ1) is 13.6. The molecule has 0 atom stereocenters. The van der Waals surface area contributed by atoms with Crippen molar-refractivity contribution in [3.05, 3.63) is 41.6 Å². The van der Waals surface area contributed by atoms with E-state index in [1.165, 1.54) is 4.90 Å². The highest BCUT2D eigenvalue weighted by molar-refractivity contribution is 5.63. The SMILES string of the molecule is CN(c1ccc(C(C)(C)C)cc1)c1nc(OC2CCCCC2)ncc1C(F)(F)F. The van der Waals surface area contributed by atoms with E-state index in [0.717, 1.165) is 43.9 Å². The molecule has 0 spiro atoms. The van der Waals surface area contributed by atoms with Gasteiger partial charge < -0.3 is 9.64 Å². The average Bonchev–Trinajstić information content (AvgIpc) is 2.67. The zero-order valence-electron chi connectivity index (χ0n) is 17.4. The topological polar surface area (TPSA) is 38.2 Å². The van der Waals surface area contributed by atoms with Gasteiger partial charge in [0, 0.05) is 18.9 Å². The van der Waals surface area contributed by atoms with Crippen molar-refractivity contribution >= 4 is 11.5 Å². The van der Waals surface area contributed by atoms with Gasteiger partial charge in [-0.2, -0.15) is 18.2 Å². The molecule has 2 aromatic rings. The lowest BCUT2D eigenvalue weighted by molar-refractivity contribution is -0.137. The van der Waals surface area contributed by atoms with Gasteiger partial charge in [0.2, 0.25) is 0 Å². The van der Waals surface area contributed by atoms with E-state index in [-0.39, 0.29) is 23.3 Å². The van der Waals surface area contributed by atoms with Gasteiger partial charge in [0.05, 0.1) is 0 Å². The highest BCUT2D eigenvalue weighted by atomic mass is 19.4. The second-order valence-corrected chi connectivity index (χ2v) is 8.62. The number of benzene rings is 1. The quantitative estimate of drug-likeness (QED) is 0.598. The van der Waals surface area contributed by atoms with Crippen LogP contribution in [0.25, 0.3) is 0 Å². The molecule has 1 aromatic heterocycles. The van der Waals surface area contributed by atoms with Gasteiger partial charge in [-0.15, -0.1) is 0 Å². The van der Waals surface area contributed by atoms with Crippen LogP contribution in [0.3, 0.4) is 0 Å². The molecule has 1 saturated carbocycles. The maximum Gasteiger partial charge on any atom is 0.421 e. The molecule has 0 aliphatic heterocycles. The summed E-state index contributed by atoms with van der Waals surface area (Å²) in [5, 5.41) is 0. The van der Waals surface area contributed by atoms with Crippen molar-refractivity contribution in [2.75, 3.05) is 11.9 Å². The predicted molar refractivity (Wildman–Crippen MR) is 108 cm³/mol. The van der Waals surface area contributed by atoms with Crippen LogP contribution in [0, 0.1) is 0 Å². The van der Waals surface area contributed by atoms with Gasteiger partial charge in [-0.3, -0.25) is 0 Å². The Morgan fingerprint density at radius 3 is 2.17 bits per heavy atom. The van der Waals surface area contributed by atoms with Gasteiger partial charge in [0.1, 0.15) is 11.7 Å². The number of halogens is 3. The van der Waals surface area contributed by atoms with Gasteiger partial charge in [-0.1, -0.05) is 39.3 Å². The van der Waals surface area contributed by atoms with E-state index in [0.29, 0.717) is 5.69 Å². The Bertz CT molecular complexity index is 823. The Hall–Kier alpha value is -2.31. The van der Waals surface area contributed by atoms with E-state index in [9.17, 15) is 13.2 Å². The summed E-state index contributed by atoms with van der Waals surface area (Å²) in [6.07, 6.45) is 1.25. The molecule has 1 fully saturated rings. The van der Waals surface area contributed by atoms with Gasteiger partial charge in [0.25, 0.3) is 0 Å². The molecule has 158 valence electrons. The molecule has 29 heavy (non-hydrogen) atoms. The summed E-state index contributed by atoms with van der Waals surface area (Å²) in [6.45, 7) is 6.27. The zero-order valence-corrected chi connectivity index (χ0v) is 17.4. The molecule has 0 amide bonds. The van der Waals surface area contributed by atoms with E-state index in [4.69, 9.17) is 4.74 Å². The standard InChI is InChI=1S/C22H28F3N3O/c1-21(2,3)15-10-12-16(13-11-15)28(4)19-18(22(23,24)25)14-26-20(27-19)29-17-8-6-5-7-9-17/h10-14,17H,5-9H2,1-4H3. The largest absolute Gasteiger partial charge is 0.460 e. The molecule has 0 radical (unpaired) electrons. The second kappa shape index (κ2) is 8.20. The molecule has 1 aromatic carbocycles. The molecule has 1 heterocycles. The highest BCUT2D eigenvalue weighted by Crippen LogP contribution is 2.38. The maximum absolute atomic E-state index is 13.6. The van der Waals surface area contributed by atoms with Crippen molar-refractivity contribution < 1.29 is 17.9 Å². The predicted octanol–water partition coefficient (Wildman–Crippen LogP) is 6.27. The van der Waals surface area contributed by atoms with Gasteiger partial charge in [-0.05, 0) is 48.8 Å². The fraction of sp³-hybridized carbons (Fsp3) is 0.545. The third-order valence-corrected chi connectivity index (χ3v) is 5.31. The number of anilines is 2. The van der Waals surface area contributed by atoms with Crippen LogP contribution in [0.4, 0.5) is 24.7 Å². The number of alkyl halides is 3. The molecule has 4 nitrogen and oxygen atoms in total. The van der Waals surface area contributed by atoms with Crippen LogP contribution in [-0.4, -0.2) is 23.1 Å². The minimum absolute atomic E-state index is 0.00179. The number of hydrogen-bond donors (Lipinski definition) is 0. The van der Waals surface area contributed by atoms with Crippen molar-refractivity contribution in [2.45, 2.75) is 70.6 Å². The van der Waals surface area contributed by atoms with Gasteiger partial charge in [0.15, 0.2) is 5.82 Å². The third kappa shape index (κ3) is 5.19. The summed E-state index contributed by atoms with van der Waals surface area (Å²) in [4.78, 5) is 9.43. The third-order valence-electron chi connectivity index (χ3n) is 5.31. The Morgan fingerprint density at radius 1 is 1.00 bits per heavy atom. The summed E-state index contributed by atoms with van der Waals surface area (Å²) in [6, 6.07) is 7.48. The van der Waals surface area contributed by atoms with Crippen LogP contribution in [0.15, 0.2) is 30.5 Å². The molecular formula is C22H28F3N3O. The number of hydrogen-bond acceptors (Lipinski definition) is 4. The lowest BCUT2D eigenvalue weighted by Crippen LogP contribution is -2.23. The summed E-state index contributed by atoms with van der Waals surface area (Å²) in [7, 11) is 1.58. The van der Waals surface area contributed by atoms with Gasteiger partial charge >= 0.3 is 12.2 Å². The fourth-order valence-electron chi connectivity index (χ4n) is 3.51. The molecule has 1 aliphatic carbocycles. The van der Waals surface area contributed by atoms with Crippen LogP contribution in [-0.2, 0) is 11.6 Å². The number of ether oxygens (including phenoxy) is 1. The van der Waals surface area contributed by atoms with E-state index in [1.807, 2.05) is 24.3 Å². The van der Waals surface area contributed by atoms with Gasteiger partial charge in [-0.25, -0.2) is 4.98 Å². The second-order valence-electron chi connectivity index (χ2n) is 8.62. The van der Waals surface area contributed by atoms with Crippen LogP contribution in [0.2, 0.25) is 0 Å². The van der Waals surface area contributed by atoms with Crippen LogP contribution >= 0.6 is 0 Å². The molecule has 1 aliphatic rings. The zero-order chi connectivity index (χ0) is 21.2. The molecule has 0 saturated heterocycles. The van der Waals surface area contributed by atoms with E-state index in [2.05, 4.69) is 30.7 Å². The molecular weight excluding hydrogens is 379 g/mol. The van der Waals surface area contributed by atoms with Crippen molar-refractivity contribution in [1.29, 1.82) is 0 Å². The van der Waals surface area contributed by atoms with Crippen molar-refractivity contribution in [2.24, 2.45) is 0 Å².